The minimum atomic E-state index is -0.253. The Labute approximate surface area is 178 Å². The van der Waals surface area contributed by atoms with Gasteiger partial charge in [-0.1, -0.05) is 12.1 Å². The quantitative estimate of drug-likeness (QED) is 0.691. The molecule has 2 aliphatic rings. The maximum Gasteiger partial charge on any atom is 0.254 e. The van der Waals surface area contributed by atoms with Crippen molar-refractivity contribution in [1.82, 2.24) is 9.80 Å². The fourth-order valence-corrected chi connectivity index (χ4v) is 4.16. The molecule has 2 aromatic rings. The number of hydrogen-bond donors (Lipinski definition) is 0. The standard InChI is InChI=1S/C23H27FN2O2.ClH/c24-20-9-5-18(6-10-20)17-28-22-11-7-19(8-12-22)23(27)26-15-3-4-21(26)16-25-13-1-2-14-25;/h5-12,21H,1-4,13-17H2;1H/t21-;/m0./s1. The maximum absolute atomic E-state index is 13.0. The fourth-order valence-electron chi connectivity index (χ4n) is 4.16. The number of carbonyl (C=O) groups excluding carboxylic acids is 1. The topological polar surface area (TPSA) is 32.8 Å². The van der Waals surface area contributed by atoms with Crippen molar-refractivity contribution in [3.63, 3.8) is 0 Å². The molecule has 4 rings (SSSR count). The Morgan fingerprint density at radius 3 is 2.34 bits per heavy atom. The molecule has 156 valence electrons. The predicted octanol–water partition coefficient (Wildman–Crippen LogP) is 4.53. The van der Waals surface area contributed by atoms with E-state index >= 15 is 0 Å². The number of nitrogens with zero attached hydrogens (tertiary/aromatic N) is 2. The summed E-state index contributed by atoms with van der Waals surface area (Å²) in [6.07, 6.45) is 4.74. The van der Waals surface area contributed by atoms with Gasteiger partial charge >= 0.3 is 0 Å². The lowest BCUT2D eigenvalue weighted by Gasteiger charge is -2.28. The van der Waals surface area contributed by atoms with Gasteiger partial charge in [-0.25, -0.2) is 4.39 Å². The van der Waals surface area contributed by atoms with Gasteiger partial charge in [-0.05, 0) is 80.7 Å². The van der Waals surface area contributed by atoms with Crippen molar-refractivity contribution >= 4 is 18.3 Å². The zero-order chi connectivity index (χ0) is 19.3. The molecule has 0 saturated carbocycles. The van der Waals surface area contributed by atoms with Gasteiger partial charge in [-0.15, -0.1) is 12.4 Å². The van der Waals surface area contributed by atoms with Gasteiger partial charge in [-0.3, -0.25) is 4.79 Å². The van der Waals surface area contributed by atoms with Gasteiger partial charge in [0.15, 0.2) is 0 Å². The molecular formula is C23H28ClFN2O2. The van der Waals surface area contributed by atoms with Gasteiger partial charge in [-0.2, -0.15) is 0 Å². The lowest BCUT2D eigenvalue weighted by Crippen LogP contribution is -2.42. The summed E-state index contributed by atoms with van der Waals surface area (Å²) in [4.78, 5) is 17.5. The summed E-state index contributed by atoms with van der Waals surface area (Å²) in [5.74, 6) is 0.569. The molecule has 29 heavy (non-hydrogen) atoms. The van der Waals surface area contributed by atoms with Gasteiger partial charge < -0.3 is 14.5 Å². The first-order valence-electron chi connectivity index (χ1n) is 10.2. The Morgan fingerprint density at radius 2 is 1.66 bits per heavy atom. The average molecular weight is 419 g/mol. The van der Waals surface area contributed by atoms with Crippen LogP contribution in [-0.4, -0.2) is 47.9 Å². The van der Waals surface area contributed by atoms with Crippen molar-refractivity contribution in [2.75, 3.05) is 26.2 Å². The maximum atomic E-state index is 13.0. The predicted molar refractivity (Wildman–Crippen MR) is 114 cm³/mol. The van der Waals surface area contributed by atoms with Crippen LogP contribution in [-0.2, 0) is 6.61 Å². The highest BCUT2D eigenvalue weighted by molar-refractivity contribution is 5.94. The van der Waals surface area contributed by atoms with Gasteiger partial charge in [0.1, 0.15) is 18.2 Å². The highest BCUT2D eigenvalue weighted by Crippen LogP contribution is 2.23. The largest absolute Gasteiger partial charge is 0.489 e. The molecule has 1 amide bonds. The third-order valence-electron chi connectivity index (χ3n) is 5.73. The number of likely N-dealkylation sites (tertiary alicyclic amines) is 2. The summed E-state index contributed by atoms with van der Waals surface area (Å²) in [7, 11) is 0. The Bertz CT molecular complexity index is 792. The molecule has 2 heterocycles. The summed E-state index contributed by atoms with van der Waals surface area (Å²) >= 11 is 0. The first-order valence-corrected chi connectivity index (χ1v) is 10.2. The van der Waals surface area contributed by atoms with E-state index in [1.165, 1.54) is 38.1 Å². The molecule has 1 atom stereocenters. The number of benzene rings is 2. The van der Waals surface area contributed by atoms with Crippen LogP contribution in [0.3, 0.4) is 0 Å². The second kappa shape index (κ2) is 10.1. The van der Waals surface area contributed by atoms with Crippen LogP contribution in [0, 0.1) is 5.82 Å². The summed E-state index contributed by atoms with van der Waals surface area (Å²) in [6, 6.07) is 14.0. The van der Waals surface area contributed by atoms with Crippen molar-refractivity contribution in [2.24, 2.45) is 0 Å². The van der Waals surface area contributed by atoms with Crippen LogP contribution in [0.5, 0.6) is 5.75 Å². The minimum absolute atomic E-state index is 0. The van der Waals surface area contributed by atoms with E-state index in [-0.39, 0.29) is 24.1 Å². The molecule has 0 unspecified atom stereocenters. The Kier molecular flexibility index (Phi) is 7.51. The Hall–Kier alpha value is -2.11. The van der Waals surface area contributed by atoms with E-state index in [9.17, 15) is 9.18 Å². The highest BCUT2D eigenvalue weighted by atomic mass is 35.5. The van der Waals surface area contributed by atoms with Crippen LogP contribution in [0.1, 0.15) is 41.6 Å². The molecule has 4 nitrogen and oxygen atoms in total. The SMILES string of the molecule is Cl.O=C(c1ccc(OCc2ccc(F)cc2)cc1)N1CCC[C@H]1CN1CCCC1. The molecule has 2 aromatic carbocycles. The minimum Gasteiger partial charge on any atom is -0.489 e. The lowest BCUT2D eigenvalue weighted by atomic mass is 10.1. The van der Waals surface area contributed by atoms with E-state index in [2.05, 4.69) is 4.90 Å². The van der Waals surface area contributed by atoms with Crippen molar-refractivity contribution in [1.29, 1.82) is 0 Å². The molecule has 0 bridgehead atoms. The smallest absolute Gasteiger partial charge is 0.254 e. The van der Waals surface area contributed by atoms with Crippen molar-refractivity contribution in [2.45, 2.75) is 38.3 Å². The molecule has 2 saturated heterocycles. The zero-order valence-electron chi connectivity index (χ0n) is 16.6. The van der Waals surface area contributed by atoms with Crippen LogP contribution in [0.15, 0.2) is 48.5 Å². The van der Waals surface area contributed by atoms with E-state index in [1.54, 1.807) is 12.1 Å². The molecular weight excluding hydrogens is 391 g/mol. The molecule has 0 radical (unpaired) electrons. The number of ether oxygens (including phenoxy) is 1. The zero-order valence-corrected chi connectivity index (χ0v) is 17.4. The molecule has 0 spiro atoms. The molecule has 0 aliphatic carbocycles. The monoisotopic (exact) mass is 418 g/mol. The Morgan fingerprint density at radius 1 is 0.966 bits per heavy atom. The summed E-state index contributed by atoms with van der Waals surface area (Å²) in [5.41, 5.74) is 1.62. The second-order valence-electron chi connectivity index (χ2n) is 7.74. The van der Waals surface area contributed by atoms with Crippen LogP contribution in [0.4, 0.5) is 4.39 Å². The molecule has 0 N–H and O–H groups in total. The van der Waals surface area contributed by atoms with Gasteiger partial charge in [0.05, 0.1) is 0 Å². The summed E-state index contributed by atoms with van der Waals surface area (Å²) in [5, 5.41) is 0. The molecule has 2 aliphatic heterocycles. The summed E-state index contributed by atoms with van der Waals surface area (Å²) < 4.78 is 18.7. The lowest BCUT2D eigenvalue weighted by molar-refractivity contribution is 0.0708. The average Bonchev–Trinajstić information content (AvgIpc) is 3.40. The first kappa shape index (κ1) is 21.6. The van der Waals surface area contributed by atoms with Crippen LogP contribution < -0.4 is 4.74 Å². The highest BCUT2D eigenvalue weighted by Gasteiger charge is 2.31. The molecule has 6 heteroatoms. The van der Waals surface area contributed by atoms with Crippen molar-refractivity contribution < 1.29 is 13.9 Å². The normalized spacial score (nSPS) is 19.2. The Balaban J connectivity index is 0.00000240. The first-order chi connectivity index (χ1) is 13.7. The van der Waals surface area contributed by atoms with Crippen molar-refractivity contribution in [3.8, 4) is 5.75 Å². The van der Waals surface area contributed by atoms with Crippen LogP contribution in [0.2, 0.25) is 0 Å². The fraction of sp³-hybridized carbons (Fsp3) is 0.435. The number of halogens is 2. The number of carbonyl (C=O) groups is 1. The van der Waals surface area contributed by atoms with Crippen molar-refractivity contribution in [3.05, 3.63) is 65.5 Å². The third-order valence-corrected chi connectivity index (χ3v) is 5.73. The number of rotatable bonds is 6. The number of hydrogen-bond acceptors (Lipinski definition) is 3. The van der Waals surface area contributed by atoms with Gasteiger partial charge in [0.25, 0.3) is 5.91 Å². The molecule has 2 fully saturated rings. The summed E-state index contributed by atoms with van der Waals surface area (Å²) in [6.45, 7) is 4.56. The number of amides is 1. The van der Waals surface area contributed by atoms with Gasteiger partial charge in [0, 0.05) is 24.7 Å². The van der Waals surface area contributed by atoms with E-state index < -0.39 is 0 Å². The third kappa shape index (κ3) is 5.49. The van der Waals surface area contributed by atoms with E-state index in [0.29, 0.717) is 24.0 Å². The van der Waals surface area contributed by atoms with E-state index in [4.69, 9.17) is 4.74 Å². The van der Waals surface area contributed by atoms with E-state index in [1.807, 2.05) is 29.2 Å². The van der Waals surface area contributed by atoms with Gasteiger partial charge in [0.2, 0.25) is 0 Å². The second-order valence-corrected chi connectivity index (χ2v) is 7.74. The van der Waals surface area contributed by atoms with Crippen LogP contribution in [0.25, 0.3) is 0 Å². The molecule has 0 aromatic heterocycles. The van der Waals surface area contributed by atoms with Crippen LogP contribution >= 0.6 is 12.4 Å². The van der Waals surface area contributed by atoms with E-state index in [0.717, 1.165) is 31.5 Å².